The predicted molar refractivity (Wildman–Crippen MR) is 219 cm³/mol. The van der Waals surface area contributed by atoms with Gasteiger partial charge in [-0.2, -0.15) is 0 Å². The van der Waals surface area contributed by atoms with Gasteiger partial charge in [0.2, 0.25) is 11.8 Å². The molecule has 0 radical (unpaired) electrons. The molecule has 0 aliphatic carbocycles. The first-order valence-electron chi connectivity index (χ1n) is 19.3. The summed E-state index contributed by atoms with van der Waals surface area (Å²) in [6, 6.07) is 17.7. The number of hydrogen-bond acceptors (Lipinski definition) is 11. The molecule has 3 saturated heterocycles. The number of carbonyl (C=O) groups excluding carboxylic acids is 3. The Morgan fingerprint density at radius 2 is 1.77 bits per heavy atom. The Bertz CT molecular complexity index is 2630. The average Bonchev–Trinajstić information content (AvgIpc) is 3.65. The fourth-order valence-corrected chi connectivity index (χ4v) is 10.0. The van der Waals surface area contributed by atoms with E-state index in [0.29, 0.717) is 18.9 Å². The number of carbonyl (C=O) groups is 3. The maximum absolute atomic E-state index is 13.4. The number of anilines is 3. The third-order valence-electron chi connectivity index (χ3n) is 11.8. The van der Waals surface area contributed by atoms with E-state index in [4.69, 9.17) is 9.97 Å². The minimum atomic E-state index is -0.694. The fraction of sp³-hybridized carbons (Fsp3) is 0.366. The van der Waals surface area contributed by atoms with Crippen LogP contribution in [-0.2, 0) is 16.6 Å². The maximum atomic E-state index is 13.4. The van der Waals surface area contributed by atoms with Crippen LogP contribution in [0.5, 0.6) is 0 Å². The zero-order valence-corrected chi connectivity index (χ0v) is 32.1. The largest absolute Gasteiger partial charge is 0.381 e. The van der Waals surface area contributed by atoms with Gasteiger partial charge in [0.1, 0.15) is 16.7 Å². The number of fused-ring (bicyclic) bond motifs is 6. The molecule has 3 amide bonds. The third-order valence-corrected chi connectivity index (χ3v) is 13.0. The highest BCUT2D eigenvalue weighted by Crippen LogP contribution is 2.41. The second-order valence-electron chi connectivity index (χ2n) is 15.6. The summed E-state index contributed by atoms with van der Waals surface area (Å²) in [5.74, 6) is 0.739. The number of aryl methyl sites for hydroxylation is 1. The summed E-state index contributed by atoms with van der Waals surface area (Å²) < 4.78 is 4.25. The van der Waals surface area contributed by atoms with Crippen LogP contribution in [0, 0.1) is 5.92 Å². The second kappa shape index (κ2) is 13.4. The lowest BCUT2D eigenvalue weighted by molar-refractivity contribution is -0.135. The Morgan fingerprint density at radius 3 is 2.55 bits per heavy atom. The molecule has 4 aliphatic rings. The van der Waals surface area contributed by atoms with Crippen LogP contribution in [0.1, 0.15) is 35.5 Å². The minimum absolute atomic E-state index is 0.0297. The van der Waals surface area contributed by atoms with Gasteiger partial charge in [-0.25, -0.2) is 14.8 Å². The highest BCUT2D eigenvalue weighted by atomic mass is 32.1. The fourth-order valence-electron chi connectivity index (χ4n) is 8.92. The van der Waals surface area contributed by atoms with Crippen LogP contribution >= 0.6 is 11.3 Å². The zero-order chi connectivity index (χ0) is 38.2. The first-order chi connectivity index (χ1) is 27.2. The standard InChI is InChI=1S/C41H42N10O4S/c1-23-18-43-36-35-26-7-8-27(45-28(26)9-11-32(35)56-38(36)40(54)44-23)25-6-12-33(42-19-25)49-16-14-48(15-17-49)20-24-21-50(22-24)29-4-3-5-30-37(29)47(2)41(55)51(30)31-10-13-34(52)46-39(31)53/h3-9,11-12,19,23-24,31,43H,10,13-18,20-22H2,1-2H3,(H,44,54)(H,46,52,53)/t23-,31?/m1/s1. The van der Waals surface area contributed by atoms with Crippen LogP contribution in [0.2, 0.25) is 0 Å². The van der Waals surface area contributed by atoms with E-state index in [1.165, 1.54) is 11.3 Å². The number of rotatable bonds is 6. The second-order valence-corrected chi connectivity index (χ2v) is 16.6. The summed E-state index contributed by atoms with van der Waals surface area (Å²) in [5.41, 5.74) is 5.90. The van der Waals surface area contributed by atoms with Crippen molar-refractivity contribution in [3.05, 3.63) is 76.2 Å². The average molecular weight is 771 g/mol. The molecule has 15 heteroatoms. The molecule has 14 nitrogen and oxygen atoms in total. The number of benzene rings is 2. The molecular weight excluding hydrogens is 729 g/mol. The topological polar surface area (TPSA) is 150 Å². The van der Waals surface area contributed by atoms with Crippen molar-refractivity contribution in [3.63, 3.8) is 0 Å². The van der Waals surface area contributed by atoms with E-state index in [9.17, 15) is 19.2 Å². The van der Waals surface area contributed by atoms with E-state index in [1.807, 2.05) is 37.4 Å². The first kappa shape index (κ1) is 34.7. The summed E-state index contributed by atoms with van der Waals surface area (Å²) in [6.07, 6.45) is 2.45. The Kier molecular flexibility index (Phi) is 8.33. The molecule has 0 bridgehead atoms. The number of piperidine rings is 1. The van der Waals surface area contributed by atoms with Crippen molar-refractivity contribution in [2.45, 2.75) is 31.8 Å². The lowest BCUT2D eigenvalue weighted by atomic mass is 9.97. The number of imidazole rings is 1. The minimum Gasteiger partial charge on any atom is -0.381 e. The van der Waals surface area contributed by atoms with Crippen LogP contribution in [-0.4, -0.2) is 100 Å². The van der Waals surface area contributed by atoms with Crippen molar-refractivity contribution >= 4 is 78.3 Å². The number of amides is 3. The van der Waals surface area contributed by atoms with Crippen molar-refractivity contribution in [2.24, 2.45) is 13.0 Å². The number of nitrogens with zero attached hydrogens (tertiary/aromatic N) is 7. The van der Waals surface area contributed by atoms with Gasteiger partial charge >= 0.3 is 5.69 Å². The van der Waals surface area contributed by atoms with E-state index in [2.05, 4.69) is 61.0 Å². The molecule has 286 valence electrons. The Morgan fingerprint density at radius 1 is 0.929 bits per heavy atom. The Balaban J connectivity index is 0.769. The number of nitrogens with one attached hydrogen (secondary N) is 3. The van der Waals surface area contributed by atoms with Gasteiger partial charge in [0, 0.05) is 105 Å². The normalized spacial score (nSPS) is 20.9. The van der Waals surface area contributed by atoms with Crippen LogP contribution in [0.15, 0.2) is 65.6 Å². The summed E-state index contributed by atoms with van der Waals surface area (Å²) in [4.78, 5) is 68.4. The van der Waals surface area contributed by atoms with Crippen molar-refractivity contribution in [2.75, 3.05) is 67.5 Å². The van der Waals surface area contributed by atoms with Crippen LogP contribution in [0.3, 0.4) is 0 Å². The molecule has 3 N–H and O–H groups in total. The van der Waals surface area contributed by atoms with Crippen molar-refractivity contribution in [1.29, 1.82) is 0 Å². The monoisotopic (exact) mass is 770 g/mol. The van der Waals surface area contributed by atoms with Gasteiger partial charge in [-0.1, -0.05) is 6.07 Å². The first-order valence-corrected chi connectivity index (χ1v) is 20.1. The molecule has 56 heavy (non-hydrogen) atoms. The molecule has 4 aliphatic heterocycles. The molecule has 6 aromatic rings. The molecule has 1 unspecified atom stereocenters. The smallest absolute Gasteiger partial charge is 0.329 e. The summed E-state index contributed by atoms with van der Waals surface area (Å²) in [5, 5.41) is 11.0. The highest BCUT2D eigenvalue weighted by Gasteiger charge is 2.35. The molecule has 3 fully saturated rings. The van der Waals surface area contributed by atoms with E-state index in [-0.39, 0.29) is 30.0 Å². The summed E-state index contributed by atoms with van der Waals surface area (Å²) in [6.45, 7) is 9.21. The number of thiophene rings is 1. The van der Waals surface area contributed by atoms with Gasteiger partial charge in [0.15, 0.2) is 0 Å². The SMILES string of the molecule is C[C@@H]1CNc2c(sc3ccc4nc(-c5ccc(N6CCN(CC7CN(c8cccc9c8n(C)c(=O)n9C8CCC(=O)NC8=O)C7)CC6)nc5)ccc4c23)C(=O)N1. The van der Waals surface area contributed by atoms with E-state index < -0.39 is 11.9 Å². The third kappa shape index (κ3) is 5.79. The summed E-state index contributed by atoms with van der Waals surface area (Å²) >= 11 is 1.52. The Labute approximate surface area is 326 Å². The van der Waals surface area contributed by atoms with Gasteiger partial charge in [-0.05, 0) is 61.9 Å². The lowest BCUT2D eigenvalue weighted by Crippen LogP contribution is -2.55. The number of imide groups is 1. The van der Waals surface area contributed by atoms with Gasteiger partial charge in [-0.3, -0.25) is 33.7 Å². The summed E-state index contributed by atoms with van der Waals surface area (Å²) in [7, 11) is 1.76. The molecule has 2 atom stereocenters. The number of aromatic nitrogens is 4. The lowest BCUT2D eigenvalue weighted by Gasteiger charge is -2.45. The van der Waals surface area contributed by atoms with Crippen LogP contribution < -0.4 is 31.4 Å². The molecule has 0 saturated carbocycles. The quantitative estimate of drug-likeness (QED) is 0.213. The van der Waals surface area contributed by atoms with E-state index in [1.54, 1.807) is 16.2 Å². The molecule has 0 spiro atoms. The van der Waals surface area contributed by atoms with Crippen molar-refractivity contribution in [1.82, 2.24) is 34.6 Å². The highest BCUT2D eigenvalue weighted by molar-refractivity contribution is 7.21. The number of piperazine rings is 1. The van der Waals surface area contributed by atoms with Gasteiger partial charge < -0.3 is 20.4 Å². The number of para-hydroxylation sites is 1. The number of pyridine rings is 2. The zero-order valence-electron chi connectivity index (χ0n) is 31.2. The predicted octanol–water partition coefficient (Wildman–Crippen LogP) is 3.94. The molecular formula is C41H42N10O4S. The van der Waals surface area contributed by atoms with Gasteiger partial charge in [-0.15, -0.1) is 11.3 Å². The van der Waals surface area contributed by atoms with Crippen molar-refractivity contribution in [3.8, 4) is 11.3 Å². The van der Waals surface area contributed by atoms with Crippen molar-refractivity contribution < 1.29 is 14.4 Å². The molecule has 4 aromatic heterocycles. The molecule has 8 heterocycles. The van der Waals surface area contributed by atoms with Gasteiger partial charge in [0.25, 0.3) is 5.91 Å². The molecule has 10 rings (SSSR count). The maximum Gasteiger partial charge on any atom is 0.329 e. The van der Waals surface area contributed by atoms with Crippen LogP contribution in [0.4, 0.5) is 17.2 Å². The van der Waals surface area contributed by atoms with E-state index >= 15 is 0 Å². The van der Waals surface area contributed by atoms with Gasteiger partial charge in [0.05, 0.1) is 33.6 Å². The number of hydrogen-bond donors (Lipinski definition) is 3. The van der Waals surface area contributed by atoms with E-state index in [0.717, 1.165) is 111 Å². The van der Waals surface area contributed by atoms with Crippen LogP contribution in [0.25, 0.3) is 43.3 Å². The molecule has 2 aromatic carbocycles. The Hall–Kier alpha value is -5.80.